The van der Waals surface area contributed by atoms with Crippen molar-refractivity contribution in [2.24, 2.45) is 0 Å². The first-order valence-corrected chi connectivity index (χ1v) is 8.61. The Hall–Kier alpha value is -2.63. The number of methoxy groups -OCH3 is 1. The summed E-state index contributed by atoms with van der Waals surface area (Å²) in [5.41, 5.74) is -0.480. The van der Waals surface area contributed by atoms with Crippen molar-refractivity contribution in [3.8, 4) is 28.7 Å². The number of aromatic hydroxyl groups is 3. The predicted octanol–water partition coefficient (Wildman–Crippen LogP) is -5.10. The maximum absolute atomic E-state index is 11.5. The van der Waals surface area contributed by atoms with E-state index in [4.69, 9.17) is 9.47 Å². The first kappa shape index (κ1) is 23.0. The van der Waals surface area contributed by atoms with Gasteiger partial charge in [0.15, 0.2) is 11.5 Å². The van der Waals surface area contributed by atoms with Crippen LogP contribution in [0.2, 0.25) is 0 Å². The topological polar surface area (TPSA) is 270 Å². The van der Waals surface area contributed by atoms with Crippen LogP contribution >= 0.6 is 0 Å². The summed E-state index contributed by atoms with van der Waals surface area (Å²) in [6.07, 6.45) is -3.37. The number of rotatable bonds is 4. The van der Waals surface area contributed by atoms with Crippen LogP contribution in [0.4, 0.5) is 0 Å². The van der Waals surface area contributed by atoms with Crippen LogP contribution in [-0.2, 0) is 4.79 Å². The van der Waals surface area contributed by atoms with Gasteiger partial charge in [0.1, 0.15) is 0 Å². The summed E-state index contributed by atoms with van der Waals surface area (Å²) < 4.78 is 9.67. The number of hydrogen-bond acceptors (Lipinski definition) is 14. The van der Waals surface area contributed by atoms with Crippen LogP contribution in [-0.4, -0.2) is 105 Å². The second-order valence-electron chi connectivity index (χ2n) is 7.32. The smallest absolute Gasteiger partial charge is 0.284 e. The van der Waals surface area contributed by atoms with E-state index in [9.17, 15) is 61.0 Å². The number of nitrogens with one attached hydrogen (secondary N) is 1. The van der Waals surface area contributed by atoms with Crippen LogP contribution in [0.3, 0.4) is 0 Å². The normalized spacial score (nSPS) is 26.0. The van der Waals surface area contributed by atoms with Gasteiger partial charge >= 0.3 is 0 Å². The van der Waals surface area contributed by atoms with Crippen LogP contribution < -0.4 is 14.8 Å². The number of amides is 1. The molecule has 0 aromatic heterocycles. The Morgan fingerprint density at radius 1 is 0.839 bits per heavy atom. The molecule has 1 unspecified atom stereocenters. The van der Waals surface area contributed by atoms with Crippen LogP contribution in [0.5, 0.6) is 28.7 Å². The number of aliphatic hydroxyl groups is 8. The summed E-state index contributed by atoms with van der Waals surface area (Å²) in [5.74, 6) is -23.7. The molecule has 15 heteroatoms. The third kappa shape index (κ3) is 2.80. The van der Waals surface area contributed by atoms with Gasteiger partial charge in [-0.15, -0.1) is 0 Å². The summed E-state index contributed by atoms with van der Waals surface area (Å²) in [4.78, 5) is 11.5. The zero-order valence-electron chi connectivity index (χ0n) is 15.7. The first-order valence-electron chi connectivity index (χ1n) is 8.61. The van der Waals surface area contributed by atoms with E-state index in [2.05, 4.69) is 5.32 Å². The molecule has 1 heterocycles. The molecule has 1 amide bonds. The summed E-state index contributed by atoms with van der Waals surface area (Å²) in [6, 6.07) is 0. The monoisotopic (exact) mass is 451 g/mol. The van der Waals surface area contributed by atoms with Crippen molar-refractivity contribution < 1.29 is 70.4 Å². The number of benzene rings is 1. The van der Waals surface area contributed by atoms with E-state index in [-0.39, 0.29) is 13.0 Å². The summed E-state index contributed by atoms with van der Waals surface area (Å²) in [5, 5.41) is 112. The second kappa shape index (κ2) is 6.68. The van der Waals surface area contributed by atoms with Gasteiger partial charge in [-0.05, 0) is 0 Å². The van der Waals surface area contributed by atoms with Crippen molar-refractivity contribution in [1.29, 1.82) is 0 Å². The second-order valence-corrected chi connectivity index (χ2v) is 7.32. The van der Waals surface area contributed by atoms with Gasteiger partial charge in [-0.2, -0.15) is 0 Å². The highest BCUT2D eigenvalue weighted by Crippen LogP contribution is 2.57. The minimum absolute atomic E-state index is 0.102. The van der Waals surface area contributed by atoms with E-state index in [1.165, 1.54) is 0 Å². The molecule has 0 bridgehead atoms. The van der Waals surface area contributed by atoms with Gasteiger partial charge in [-0.25, -0.2) is 0 Å². The van der Waals surface area contributed by atoms with Crippen LogP contribution in [0.25, 0.3) is 0 Å². The molecule has 1 atom stereocenters. The molecule has 1 saturated carbocycles. The zero-order valence-corrected chi connectivity index (χ0v) is 15.7. The average Bonchev–Trinajstić information content (AvgIpc) is 3.10. The number of phenols is 3. The Balaban J connectivity index is 2.19. The van der Waals surface area contributed by atoms with Gasteiger partial charge in [-0.1, -0.05) is 0 Å². The highest BCUT2D eigenvalue weighted by molar-refractivity contribution is 5.81. The highest BCUT2D eigenvalue weighted by Gasteiger charge is 2.85. The molecule has 12 N–H and O–H groups in total. The van der Waals surface area contributed by atoms with Crippen LogP contribution in [0, 0.1) is 0 Å². The Morgan fingerprint density at radius 3 is 1.77 bits per heavy atom. The minimum atomic E-state index is -4.40. The molecule has 1 aromatic rings. The molecule has 174 valence electrons. The van der Waals surface area contributed by atoms with E-state index >= 15 is 0 Å². The van der Waals surface area contributed by atoms with Crippen LogP contribution in [0.1, 0.15) is 17.9 Å². The van der Waals surface area contributed by atoms with Crippen molar-refractivity contribution >= 4 is 5.91 Å². The Labute approximate surface area is 172 Å². The van der Waals surface area contributed by atoms with Crippen molar-refractivity contribution in [1.82, 2.24) is 5.32 Å². The fourth-order valence-corrected chi connectivity index (χ4v) is 3.62. The number of carbonyl (C=O) groups is 1. The lowest BCUT2D eigenvalue weighted by Gasteiger charge is -2.34. The minimum Gasteiger partial charge on any atom is -0.504 e. The summed E-state index contributed by atoms with van der Waals surface area (Å²) >= 11 is 0. The molecule has 2 fully saturated rings. The van der Waals surface area contributed by atoms with E-state index in [0.29, 0.717) is 0 Å². The number of carbonyl (C=O) groups excluding carboxylic acids is 1. The Kier molecular flexibility index (Phi) is 4.97. The molecule has 0 spiro atoms. The van der Waals surface area contributed by atoms with Crippen molar-refractivity contribution in [3.05, 3.63) is 5.56 Å². The summed E-state index contributed by atoms with van der Waals surface area (Å²) in [7, 11) is 0.900. The standard InChI is InChI=1S/C16H21NO14/c1-30-10-9(21)7(19)6(4-2-5(18)17-3-4)8(20)11(10)31-12-13(22,23)15(26,27)16(28,29)14(12,24)25/h4,12,19-29H,2-3H2,1H3,(H,17,18). The van der Waals surface area contributed by atoms with E-state index in [1.54, 1.807) is 0 Å². The van der Waals surface area contributed by atoms with Crippen molar-refractivity contribution in [3.63, 3.8) is 0 Å². The SMILES string of the molecule is COc1c(O)c(O)c(C2CNC(=O)C2)c(O)c1OC1C(O)(O)C(O)(O)C(O)(O)C1(O)O. The molecule has 15 nitrogen and oxygen atoms in total. The average molecular weight is 451 g/mol. The van der Waals surface area contributed by atoms with E-state index in [1.807, 2.05) is 0 Å². The van der Waals surface area contributed by atoms with Gasteiger partial charge in [-0.3, -0.25) is 4.79 Å². The molecule has 1 aliphatic heterocycles. The lowest BCUT2D eigenvalue weighted by Crippen LogP contribution is -2.66. The van der Waals surface area contributed by atoms with Crippen molar-refractivity contribution in [2.45, 2.75) is 41.6 Å². The number of phenolic OH excluding ortho intramolecular Hbond substituents is 3. The van der Waals surface area contributed by atoms with Crippen molar-refractivity contribution in [2.75, 3.05) is 13.7 Å². The third-order valence-corrected chi connectivity index (χ3v) is 5.44. The Morgan fingerprint density at radius 2 is 1.35 bits per heavy atom. The van der Waals surface area contributed by atoms with E-state index < -0.39 is 75.4 Å². The molecule has 3 rings (SSSR count). The highest BCUT2D eigenvalue weighted by atomic mass is 16.7. The largest absolute Gasteiger partial charge is 0.504 e. The maximum atomic E-state index is 11.5. The predicted molar refractivity (Wildman–Crippen MR) is 91.4 cm³/mol. The summed E-state index contributed by atoms with van der Waals surface area (Å²) in [6.45, 7) is -0.102. The number of hydrogen-bond donors (Lipinski definition) is 12. The van der Waals surface area contributed by atoms with Gasteiger partial charge in [0.2, 0.25) is 29.3 Å². The van der Waals surface area contributed by atoms with Crippen LogP contribution in [0.15, 0.2) is 0 Å². The first-order chi connectivity index (χ1) is 14.0. The Bertz CT molecular complexity index is 898. The molecular formula is C16H21NO14. The molecule has 1 aromatic carbocycles. The molecule has 2 aliphatic rings. The fraction of sp³-hybridized carbons (Fsp3) is 0.562. The maximum Gasteiger partial charge on any atom is 0.284 e. The lowest BCUT2D eigenvalue weighted by molar-refractivity contribution is -0.452. The number of ether oxygens (including phenoxy) is 2. The van der Waals surface area contributed by atoms with Gasteiger partial charge in [0, 0.05) is 24.4 Å². The molecular weight excluding hydrogens is 430 g/mol. The third-order valence-electron chi connectivity index (χ3n) is 5.44. The fourth-order valence-electron chi connectivity index (χ4n) is 3.62. The lowest BCUT2D eigenvalue weighted by atomic mass is 9.94. The van der Waals surface area contributed by atoms with Gasteiger partial charge < -0.3 is 71.0 Å². The van der Waals surface area contributed by atoms with Gasteiger partial charge in [0.25, 0.3) is 23.1 Å². The quantitative estimate of drug-likeness (QED) is 0.116. The molecule has 1 saturated heterocycles. The molecule has 31 heavy (non-hydrogen) atoms. The van der Waals surface area contributed by atoms with E-state index in [0.717, 1.165) is 7.11 Å². The van der Waals surface area contributed by atoms with Gasteiger partial charge in [0.05, 0.1) is 7.11 Å². The zero-order chi connectivity index (χ0) is 23.7. The molecule has 1 aliphatic carbocycles. The molecule has 0 radical (unpaired) electrons.